The zero-order valence-corrected chi connectivity index (χ0v) is 30.7. The van der Waals surface area contributed by atoms with Crippen LogP contribution >= 0.6 is 0 Å². The summed E-state index contributed by atoms with van der Waals surface area (Å²) in [7, 11) is 0. The SMILES string of the molecule is CCC[C@H](NC(=O)[C@@H]1C[C@]2(CC(c3cc(C)c(OCC)c(C)c3)=NO2)CN1C(=O)[C@@H](NC(=O)[C@@H]1C[C@H]1c1ccccc1)C(C)(C)C)C(=O)C(N)=O. The van der Waals surface area contributed by atoms with Crippen LogP contribution in [0.5, 0.6) is 5.75 Å². The van der Waals surface area contributed by atoms with Gasteiger partial charge in [0.25, 0.3) is 5.91 Å². The minimum absolute atomic E-state index is 0.0205. The zero-order chi connectivity index (χ0) is 37.2. The molecule has 2 fully saturated rings. The van der Waals surface area contributed by atoms with Crippen molar-refractivity contribution in [2.75, 3.05) is 13.2 Å². The van der Waals surface area contributed by atoms with Crippen LogP contribution in [0, 0.1) is 25.2 Å². The number of ketones is 1. The van der Waals surface area contributed by atoms with E-state index in [9.17, 15) is 24.0 Å². The Kier molecular flexibility index (Phi) is 10.9. The van der Waals surface area contributed by atoms with Gasteiger partial charge >= 0.3 is 0 Å². The molecule has 0 unspecified atom stereocenters. The van der Waals surface area contributed by atoms with E-state index >= 15 is 0 Å². The van der Waals surface area contributed by atoms with Crippen LogP contribution in [0.3, 0.4) is 0 Å². The van der Waals surface area contributed by atoms with E-state index in [-0.39, 0.29) is 37.1 Å². The van der Waals surface area contributed by atoms with Crippen molar-refractivity contribution in [3.8, 4) is 5.75 Å². The van der Waals surface area contributed by atoms with Gasteiger partial charge < -0.3 is 30.8 Å². The largest absolute Gasteiger partial charge is 0.493 e. The first-order valence-electron chi connectivity index (χ1n) is 17.9. The van der Waals surface area contributed by atoms with Crippen LogP contribution in [0.15, 0.2) is 47.6 Å². The van der Waals surface area contributed by atoms with Gasteiger partial charge in [0, 0.05) is 24.3 Å². The van der Waals surface area contributed by atoms with Crippen LogP contribution in [0.25, 0.3) is 0 Å². The third-order valence-electron chi connectivity index (χ3n) is 10.1. The van der Waals surface area contributed by atoms with E-state index in [0.717, 1.165) is 28.0 Å². The maximum absolute atomic E-state index is 14.7. The monoisotopic (exact) mass is 701 g/mol. The maximum Gasteiger partial charge on any atom is 0.287 e. The van der Waals surface area contributed by atoms with Gasteiger partial charge in [-0.1, -0.05) is 69.6 Å². The second-order valence-electron chi connectivity index (χ2n) is 15.3. The van der Waals surface area contributed by atoms with Gasteiger partial charge in [0.1, 0.15) is 17.8 Å². The van der Waals surface area contributed by atoms with Crippen LogP contribution < -0.4 is 21.1 Å². The predicted molar refractivity (Wildman–Crippen MR) is 192 cm³/mol. The van der Waals surface area contributed by atoms with Crippen molar-refractivity contribution in [1.82, 2.24) is 15.5 Å². The molecule has 12 heteroatoms. The number of amides is 4. The van der Waals surface area contributed by atoms with Crippen LogP contribution in [0.4, 0.5) is 0 Å². The first-order chi connectivity index (χ1) is 24.1. The number of primary amides is 1. The lowest BCUT2D eigenvalue weighted by molar-refractivity contribution is -0.145. The molecule has 1 aliphatic carbocycles. The molecule has 2 aromatic carbocycles. The summed E-state index contributed by atoms with van der Waals surface area (Å²) < 4.78 is 5.82. The summed E-state index contributed by atoms with van der Waals surface area (Å²) in [6, 6.07) is 10.6. The summed E-state index contributed by atoms with van der Waals surface area (Å²) >= 11 is 0. The average Bonchev–Trinajstić information content (AvgIpc) is 3.65. The number of benzene rings is 2. The molecule has 2 heterocycles. The van der Waals surface area contributed by atoms with Gasteiger partial charge in [0.05, 0.1) is 24.9 Å². The number of likely N-dealkylation sites (tertiary alicyclic amines) is 1. The van der Waals surface area contributed by atoms with Crippen LogP contribution in [0.1, 0.15) is 94.9 Å². The number of hydrogen-bond donors (Lipinski definition) is 3. The Morgan fingerprint density at radius 2 is 1.71 bits per heavy atom. The Balaban J connectivity index is 1.42. The van der Waals surface area contributed by atoms with Crippen molar-refractivity contribution in [3.63, 3.8) is 0 Å². The van der Waals surface area contributed by atoms with E-state index in [0.29, 0.717) is 31.6 Å². The van der Waals surface area contributed by atoms with Gasteiger partial charge in [0.15, 0.2) is 5.60 Å². The van der Waals surface area contributed by atoms with E-state index in [1.807, 2.05) is 90.9 Å². The van der Waals surface area contributed by atoms with Gasteiger partial charge in [-0.05, 0) is 73.8 Å². The van der Waals surface area contributed by atoms with Crippen molar-refractivity contribution in [3.05, 3.63) is 64.7 Å². The van der Waals surface area contributed by atoms with Gasteiger partial charge in [-0.25, -0.2) is 0 Å². The Labute approximate surface area is 299 Å². The lowest BCUT2D eigenvalue weighted by Gasteiger charge is -2.35. The van der Waals surface area contributed by atoms with Crippen molar-refractivity contribution in [2.24, 2.45) is 22.2 Å². The number of rotatable bonds is 13. The molecular weight excluding hydrogens is 650 g/mol. The molecular formula is C39H51N5O7. The summed E-state index contributed by atoms with van der Waals surface area (Å²) in [5.74, 6) is -2.69. The van der Waals surface area contributed by atoms with E-state index < -0.39 is 52.6 Å². The molecule has 3 aliphatic rings. The molecule has 5 rings (SSSR count). The van der Waals surface area contributed by atoms with Crippen molar-refractivity contribution < 1.29 is 33.5 Å². The van der Waals surface area contributed by atoms with Crippen LogP contribution in [-0.4, -0.2) is 76.9 Å². The standard InChI is InChI=1S/C39H51N5O7/c1-8-13-28(31(45)34(40)46)41-36(48)30-20-39(19-29(43-51-39)25-16-22(3)32(50-9-2)23(4)17-25)21-44(30)37(49)33(38(5,6)7)42-35(47)27-18-26(27)24-14-11-10-12-15-24/h10-12,14-17,26-28,30,33H,8-9,13,18-21H2,1-7H3,(H2,40,46)(H,41,48)(H,42,47)/t26-,27+,28-,30-,33+,39+/m0/s1. The van der Waals surface area contributed by atoms with E-state index in [1.54, 1.807) is 0 Å². The van der Waals surface area contributed by atoms with Gasteiger partial charge in [-0.3, -0.25) is 24.0 Å². The average molecular weight is 702 g/mol. The molecule has 274 valence electrons. The molecule has 0 bridgehead atoms. The number of nitrogens with one attached hydrogen (secondary N) is 2. The Morgan fingerprint density at radius 3 is 2.29 bits per heavy atom. The van der Waals surface area contributed by atoms with Crippen molar-refractivity contribution in [2.45, 2.75) is 110 Å². The highest BCUT2D eigenvalue weighted by Crippen LogP contribution is 2.48. The molecule has 1 saturated heterocycles. The number of aryl methyl sites for hydroxylation is 2. The molecule has 2 aromatic rings. The molecule has 0 aromatic heterocycles. The molecule has 4 amide bonds. The maximum atomic E-state index is 14.7. The summed E-state index contributed by atoms with van der Waals surface area (Å²) in [6.07, 6.45) is 1.79. The topological polar surface area (TPSA) is 169 Å². The number of hydrogen-bond acceptors (Lipinski definition) is 8. The molecule has 4 N–H and O–H groups in total. The van der Waals surface area contributed by atoms with E-state index in [4.69, 9.17) is 15.3 Å². The normalized spacial score (nSPS) is 23.5. The number of nitrogens with zero attached hydrogens (tertiary/aromatic N) is 2. The summed E-state index contributed by atoms with van der Waals surface area (Å²) in [6.45, 7) is 13.8. The smallest absolute Gasteiger partial charge is 0.287 e. The third-order valence-corrected chi connectivity index (χ3v) is 10.1. The lowest BCUT2D eigenvalue weighted by atomic mass is 9.85. The second kappa shape index (κ2) is 14.9. The van der Waals surface area contributed by atoms with E-state index in [1.165, 1.54) is 4.90 Å². The van der Waals surface area contributed by atoms with Crippen molar-refractivity contribution >= 4 is 35.1 Å². The lowest BCUT2D eigenvalue weighted by Crippen LogP contribution is -2.59. The number of oxime groups is 1. The Hall–Kier alpha value is -4.74. The quantitative estimate of drug-likeness (QED) is 0.267. The molecule has 2 aliphatic heterocycles. The third kappa shape index (κ3) is 8.10. The number of ether oxygens (including phenoxy) is 1. The summed E-state index contributed by atoms with van der Waals surface area (Å²) in [4.78, 5) is 74.4. The fraction of sp³-hybridized carbons (Fsp3) is 0.538. The number of Topliss-reactive ketones (excluding diaryl/α,β-unsaturated/α-hetero) is 1. The van der Waals surface area contributed by atoms with E-state index in [2.05, 4.69) is 15.8 Å². The number of carbonyl (C=O) groups excluding carboxylic acids is 5. The fourth-order valence-electron chi connectivity index (χ4n) is 7.39. The fourth-order valence-corrected chi connectivity index (χ4v) is 7.39. The zero-order valence-electron chi connectivity index (χ0n) is 30.7. The second-order valence-corrected chi connectivity index (χ2v) is 15.3. The Morgan fingerprint density at radius 1 is 1.04 bits per heavy atom. The van der Waals surface area contributed by atoms with Gasteiger partial charge in [-0.2, -0.15) is 0 Å². The Bertz CT molecular complexity index is 1690. The molecule has 1 spiro atoms. The van der Waals surface area contributed by atoms with Crippen molar-refractivity contribution in [1.29, 1.82) is 0 Å². The minimum atomic E-state index is -1.15. The predicted octanol–water partition coefficient (Wildman–Crippen LogP) is 3.84. The summed E-state index contributed by atoms with van der Waals surface area (Å²) in [5.41, 5.74) is 8.05. The van der Waals surface area contributed by atoms with Gasteiger partial charge in [-0.15, -0.1) is 0 Å². The highest BCUT2D eigenvalue weighted by Gasteiger charge is 2.56. The molecule has 6 atom stereocenters. The molecule has 51 heavy (non-hydrogen) atoms. The van der Waals surface area contributed by atoms with Crippen LogP contribution in [0.2, 0.25) is 0 Å². The summed E-state index contributed by atoms with van der Waals surface area (Å²) in [5, 5.41) is 10.2. The molecule has 1 saturated carbocycles. The minimum Gasteiger partial charge on any atom is -0.493 e. The first-order valence-corrected chi connectivity index (χ1v) is 17.9. The highest BCUT2D eigenvalue weighted by molar-refractivity contribution is 6.37. The molecule has 12 nitrogen and oxygen atoms in total. The highest BCUT2D eigenvalue weighted by atomic mass is 16.7. The first kappa shape index (κ1) is 37.5. The molecule has 0 radical (unpaired) electrons. The number of carbonyl (C=O) groups is 5. The van der Waals surface area contributed by atoms with Gasteiger partial charge in [0.2, 0.25) is 23.5 Å². The van der Waals surface area contributed by atoms with Crippen LogP contribution in [-0.2, 0) is 28.8 Å². The number of nitrogens with two attached hydrogens (primary N) is 1.